The van der Waals surface area contributed by atoms with Crippen LogP contribution in [0.15, 0.2) is 229 Å². The maximum Gasteiger partial charge on any atom is 0.143 e. The second-order valence-corrected chi connectivity index (χ2v) is 14.4. The highest BCUT2D eigenvalue weighted by molar-refractivity contribution is 6.09. The van der Waals surface area contributed by atoms with Crippen molar-refractivity contribution in [2.75, 3.05) is 0 Å². The van der Waals surface area contributed by atoms with Gasteiger partial charge in [-0.05, 0) is 72.8 Å². The maximum atomic E-state index is 6.42. The number of hydrogen-bond donors (Lipinski definition) is 0. The molecule has 0 aliphatic rings. The average Bonchev–Trinajstić information content (AvgIpc) is 3.67. The molecule has 0 aliphatic carbocycles. The van der Waals surface area contributed by atoms with Gasteiger partial charge >= 0.3 is 0 Å². The molecule has 1 heterocycles. The van der Waals surface area contributed by atoms with Crippen molar-refractivity contribution in [2.45, 2.75) is 5.92 Å². The molecular weight excluding hydrogens is 677 g/mol. The van der Waals surface area contributed by atoms with E-state index in [4.69, 9.17) is 4.42 Å². The number of rotatable bonds is 8. The Morgan fingerprint density at radius 2 is 0.589 bits per heavy atom. The van der Waals surface area contributed by atoms with Crippen LogP contribution in [0.25, 0.3) is 77.6 Å². The molecule has 10 aromatic rings. The van der Waals surface area contributed by atoms with Crippen LogP contribution >= 0.6 is 0 Å². The van der Waals surface area contributed by atoms with Gasteiger partial charge in [-0.25, -0.2) is 0 Å². The fourth-order valence-electron chi connectivity index (χ4n) is 8.33. The highest BCUT2D eigenvalue weighted by Crippen LogP contribution is 2.40. The normalized spacial score (nSPS) is 11.4. The van der Waals surface area contributed by atoms with E-state index >= 15 is 0 Å². The first kappa shape index (κ1) is 33.4. The molecule has 264 valence electrons. The van der Waals surface area contributed by atoms with Gasteiger partial charge in [-0.15, -0.1) is 0 Å². The molecule has 0 bridgehead atoms. The van der Waals surface area contributed by atoms with Crippen LogP contribution < -0.4 is 0 Å². The van der Waals surface area contributed by atoms with E-state index in [1.54, 1.807) is 0 Å². The second kappa shape index (κ2) is 14.5. The average molecular weight is 715 g/mol. The van der Waals surface area contributed by atoms with Gasteiger partial charge in [0.2, 0.25) is 0 Å². The van der Waals surface area contributed by atoms with Gasteiger partial charge < -0.3 is 4.42 Å². The molecule has 0 fully saturated rings. The Labute approximate surface area is 327 Å². The molecule has 1 nitrogen and oxygen atoms in total. The summed E-state index contributed by atoms with van der Waals surface area (Å²) in [6.45, 7) is 0. The minimum absolute atomic E-state index is 0.0304. The van der Waals surface area contributed by atoms with E-state index in [1.165, 1.54) is 61.2 Å². The number of fused-ring (bicyclic) bond motifs is 3. The summed E-state index contributed by atoms with van der Waals surface area (Å²) in [6.07, 6.45) is 0. The molecular formula is C55H38O. The third-order valence-electron chi connectivity index (χ3n) is 11.1. The van der Waals surface area contributed by atoms with E-state index < -0.39 is 0 Å². The number of para-hydroxylation sites is 2. The summed E-state index contributed by atoms with van der Waals surface area (Å²) in [4.78, 5) is 0. The van der Waals surface area contributed by atoms with Crippen molar-refractivity contribution in [3.05, 3.63) is 241 Å². The molecule has 0 radical (unpaired) electrons. The third kappa shape index (κ3) is 6.20. The van der Waals surface area contributed by atoms with E-state index in [0.717, 1.165) is 33.1 Å². The molecule has 9 aromatic carbocycles. The Kier molecular flexibility index (Phi) is 8.67. The highest BCUT2D eigenvalue weighted by atomic mass is 16.3. The summed E-state index contributed by atoms with van der Waals surface area (Å²) in [6, 6.07) is 80.8. The zero-order valence-electron chi connectivity index (χ0n) is 30.8. The zero-order valence-corrected chi connectivity index (χ0v) is 30.8. The SMILES string of the molecule is c1ccc(-c2ccccc2-c2ccc(C(c3ccc(-c4ccccc4-c4ccccc4)cc3)c3ccc(-c4cccc5c4oc4ccccc45)cc3)cc2)cc1. The summed E-state index contributed by atoms with van der Waals surface area (Å²) in [7, 11) is 0. The van der Waals surface area contributed by atoms with Crippen LogP contribution in [0.5, 0.6) is 0 Å². The molecule has 10 rings (SSSR count). The molecule has 0 atom stereocenters. The van der Waals surface area contributed by atoms with Crippen molar-refractivity contribution < 1.29 is 4.42 Å². The van der Waals surface area contributed by atoms with Gasteiger partial charge in [0, 0.05) is 22.3 Å². The Morgan fingerprint density at radius 3 is 1.05 bits per heavy atom. The second-order valence-electron chi connectivity index (χ2n) is 14.4. The van der Waals surface area contributed by atoms with Gasteiger partial charge in [0.15, 0.2) is 0 Å². The number of benzene rings is 9. The first-order valence-electron chi connectivity index (χ1n) is 19.3. The summed E-state index contributed by atoms with van der Waals surface area (Å²) >= 11 is 0. The van der Waals surface area contributed by atoms with Crippen LogP contribution in [0.4, 0.5) is 0 Å². The molecule has 56 heavy (non-hydrogen) atoms. The minimum Gasteiger partial charge on any atom is -0.455 e. The lowest BCUT2D eigenvalue weighted by Crippen LogP contribution is -2.04. The predicted octanol–water partition coefficient (Wildman–Crippen LogP) is 15.1. The summed E-state index contributed by atoms with van der Waals surface area (Å²) in [5, 5.41) is 2.29. The Morgan fingerprint density at radius 1 is 0.250 bits per heavy atom. The van der Waals surface area contributed by atoms with Crippen molar-refractivity contribution in [3.8, 4) is 55.6 Å². The van der Waals surface area contributed by atoms with Crippen LogP contribution in [0.2, 0.25) is 0 Å². The van der Waals surface area contributed by atoms with E-state index in [0.29, 0.717) is 0 Å². The minimum atomic E-state index is 0.0304. The van der Waals surface area contributed by atoms with Crippen molar-refractivity contribution in [2.24, 2.45) is 0 Å². The van der Waals surface area contributed by atoms with Gasteiger partial charge in [0.05, 0.1) is 0 Å². The molecule has 0 spiro atoms. The molecule has 0 aliphatic heterocycles. The van der Waals surface area contributed by atoms with Gasteiger partial charge in [-0.3, -0.25) is 0 Å². The molecule has 1 heteroatoms. The Bertz CT molecular complexity index is 2790. The quantitative estimate of drug-likeness (QED) is 0.143. The van der Waals surface area contributed by atoms with E-state index in [9.17, 15) is 0 Å². The largest absolute Gasteiger partial charge is 0.455 e. The maximum absolute atomic E-state index is 6.42. The van der Waals surface area contributed by atoms with Crippen molar-refractivity contribution in [3.63, 3.8) is 0 Å². The lowest BCUT2D eigenvalue weighted by Gasteiger charge is -2.21. The summed E-state index contributed by atoms with van der Waals surface area (Å²) in [5.41, 5.74) is 17.6. The van der Waals surface area contributed by atoms with E-state index in [-0.39, 0.29) is 5.92 Å². The van der Waals surface area contributed by atoms with Gasteiger partial charge in [0.1, 0.15) is 11.2 Å². The van der Waals surface area contributed by atoms with E-state index in [2.05, 4.69) is 212 Å². The Balaban J connectivity index is 1.05. The first-order chi connectivity index (χ1) is 27.8. The predicted molar refractivity (Wildman–Crippen MR) is 235 cm³/mol. The van der Waals surface area contributed by atoms with Crippen LogP contribution in [-0.4, -0.2) is 0 Å². The fraction of sp³-hybridized carbons (Fsp3) is 0.0182. The Hall–Kier alpha value is -7.22. The smallest absolute Gasteiger partial charge is 0.143 e. The number of hydrogen-bond acceptors (Lipinski definition) is 1. The zero-order chi connectivity index (χ0) is 37.3. The molecule has 0 unspecified atom stereocenters. The lowest BCUT2D eigenvalue weighted by molar-refractivity contribution is 0.670. The van der Waals surface area contributed by atoms with Crippen LogP contribution in [0.1, 0.15) is 22.6 Å². The van der Waals surface area contributed by atoms with Gasteiger partial charge in [-0.2, -0.15) is 0 Å². The number of furan rings is 1. The van der Waals surface area contributed by atoms with Crippen molar-refractivity contribution in [1.82, 2.24) is 0 Å². The van der Waals surface area contributed by atoms with Crippen molar-refractivity contribution >= 4 is 21.9 Å². The van der Waals surface area contributed by atoms with Crippen LogP contribution in [0, 0.1) is 0 Å². The topological polar surface area (TPSA) is 13.1 Å². The van der Waals surface area contributed by atoms with Crippen molar-refractivity contribution in [1.29, 1.82) is 0 Å². The lowest BCUT2D eigenvalue weighted by atomic mass is 9.83. The van der Waals surface area contributed by atoms with E-state index in [1.807, 2.05) is 12.1 Å². The monoisotopic (exact) mass is 714 g/mol. The molecule has 0 N–H and O–H groups in total. The van der Waals surface area contributed by atoms with Crippen LogP contribution in [0.3, 0.4) is 0 Å². The van der Waals surface area contributed by atoms with Gasteiger partial charge in [0.25, 0.3) is 0 Å². The highest BCUT2D eigenvalue weighted by Gasteiger charge is 2.20. The fourth-order valence-corrected chi connectivity index (χ4v) is 8.33. The van der Waals surface area contributed by atoms with Gasteiger partial charge in [-0.1, -0.05) is 218 Å². The molecule has 0 saturated heterocycles. The summed E-state index contributed by atoms with van der Waals surface area (Å²) < 4.78 is 6.42. The molecule has 1 aromatic heterocycles. The molecule has 0 amide bonds. The standard InChI is InChI=1S/C55H38O/c1-3-14-38(15-4-1)46-18-7-9-20-48(46)40-26-32-43(33-27-40)54(44-34-28-41(29-35-44)49-21-10-8-19-47(49)39-16-5-2-6-17-39)45-36-30-42(31-37-45)50-23-13-24-52-51-22-11-12-25-53(51)56-55(50)52/h1-37,54H. The molecule has 0 saturated carbocycles. The third-order valence-corrected chi connectivity index (χ3v) is 11.1. The summed E-state index contributed by atoms with van der Waals surface area (Å²) in [5.74, 6) is 0.0304. The first-order valence-corrected chi connectivity index (χ1v) is 19.3. The van der Waals surface area contributed by atoms with Crippen LogP contribution in [-0.2, 0) is 0 Å².